The molecular formula is C39H81O3P. The van der Waals surface area contributed by atoms with E-state index in [0.717, 1.165) is 19.3 Å². The molecule has 260 valence electrons. The molecule has 0 aromatic rings. The van der Waals surface area contributed by atoms with Crippen molar-refractivity contribution in [3.63, 3.8) is 0 Å². The second-order valence-electron chi connectivity index (χ2n) is 14.6. The SMILES string of the molecule is CCCCCCCCCC(OP(OC(CCCCCCCCC)C(C)C)OC(CCCCCCCCC)C(C)C)C(C)C. The largest absolute Gasteiger partial charge is 0.333 e. The van der Waals surface area contributed by atoms with Crippen molar-refractivity contribution in [3.8, 4) is 0 Å². The van der Waals surface area contributed by atoms with Crippen LogP contribution in [0.4, 0.5) is 0 Å². The van der Waals surface area contributed by atoms with Crippen LogP contribution in [-0.4, -0.2) is 18.3 Å². The molecule has 0 N–H and O–H groups in total. The van der Waals surface area contributed by atoms with Crippen LogP contribution in [0.3, 0.4) is 0 Å². The van der Waals surface area contributed by atoms with Gasteiger partial charge in [-0.05, 0) is 37.0 Å². The van der Waals surface area contributed by atoms with Gasteiger partial charge in [0.2, 0.25) is 0 Å². The Kier molecular flexibility index (Phi) is 31.2. The third-order valence-electron chi connectivity index (χ3n) is 9.17. The van der Waals surface area contributed by atoms with Gasteiger partial charge in [-0.2, -0.15) is 0 Å². The number of rotatable bonds is 33. The van der Waals surface area contributed by atoms with E-state index >= 15 is 0 Å². The average Bonchev–Trinajstić information content (AvgIpc) is 2.97. The fraction of sp³-hybridized carbons (Fsp3) is 1.00. The highest BCUT2D eigenvalue weighted by Gasteiger charge is 2.30. The summed E-state index contributed by atoms with van der Waals surface area (Å²) >= 11 is 0. The van der Waals surface area contributed by atoms with Crippen LogP contribution in [0.1, 0.15) is 216 Å². The highest BCUT2D eigenvalue weighted by Crippen LogP contribution is 2.48. The summed E-state index contributed by atoms with van der Waals surface area (Å²) < 4.78 is 20.6. The fourth-order valence-electron chi connectivity index (χ4n) is 5.84. The molecule has 43 heavy (non-hydrogen) atoms. The van der Waals surface area contributed by atoms with E-state index in [4.69, 9.17) is 13.6 Å². The minimum Gasteiger partial charge on any atom is -0.309 e. The molecule has 0 aliphatic rings. The molecule has 0 aliphatic carbocycles. The molecule has 0 saturated carbocycles. The Labute approximate surface area is 274 Å². The second-order valence-corrected chi connectivity index (χ2v) is 15.7. The highest BCUT2D eigenvalue weighted by molar-refractivity contribution is 7.41. The predicted molar refractivity (Wildman–Crippen MR) is 194 cm³/mol. The summed E-state index contributed by atoms with van der Waals surface area (Å²) in [5, 5.41) is 0. The summed E-state index contributed by atoms with van der Waals surface area (Å²) in [4.78, 5) is 0. The van der Waals surface area contributed by atoms with Crippen molar-refractivity contribution in [1.82, 2.24) is 0 Å². The molecule has 3 nitrogen and oxygen atoms in total. The standard InChI is InChI=1S/C39H81O3P/c1-10-13-16-19-22-25-28-31-37(34(4)5)40-43(41-38(35(6)7)32-29-26-23-20-17-14-11-2)42-39(36(8)9)33-30-27-24-21-18-15-12-3/h34-39H,10-33H2,1-9H3. The van der Waals surface area contributed by atoms with Crippen LogP contribution in [0.5, 0.6) is 0 Å². The molecule has 4 heteroatoms. The van der Waals surface area contributed by atoms with Crippen LogP contribution < -0.4 is 0 Å². The highest BCUT2D eigenvalue weighted by atomic mass is 31.2. The lowest BCUT2D eigenvalue weighted by Gasteiger charge is -2.33. The van der Waals surface area contributed by atoms with E-state index < -0.39 is 8.60 Å². The first-order valence-corrected chi connectivity index (χ1v) is 20.7. The lowest BCUT2D eigenvalue weighted by atomic mass is 10.00. The molecule has 0 aliphatic heterocycles. The zero-order valence-electron chi connectivity index (χ0n) is 31.1. The summed E-state index contributed by atoms with van der Waals surface area (Å²) in [7, 11) is -1.37. The Bertz CT molecular complexity index is 477. The van der Waals surface area contributed by atoms with E-state index in [-0.39, 0.29) is 18.3 Å². The third-order valence-corrected chi connectivity index (χ3v) is 10.5. The quantitative estimate of drug-likeness (QED) is 0.0534. The minimum absolute atomic E-state index is 0.208. The summed E-state index contributed by atoms with van der Waals surface area (Å²) in [6.45, 7) is 20.8. The third kappa shape index (κ3) is 26.1. The van der Waals surface area contributed by atoms with Crippen molar-refractivity contribution in [2.45, 2.75) is 235 Å². The van der Waals surface area contributed by atoms with Gasteiger partial charge >= 0.3 is 8.60 Å². The van der Waals surface area contributed by atoms with Crippen LogP contribution in [0.15, 0.2) is 0 Å². The van der Waals surface area contributed by atoms with Gasteiger partial charge in [-0.1, -0.05) is 197 Å². The van der Waals surface area contributed by atoms with Crippen LogP contribution in [0.2, 0.25) is 0 Å². The topological polar surface area (TPSA) is 27.7 Å². The molecule has 0 aromatic heterocycles. The van der Waals surface area contributed by atoms with Gasteiger partial charge in [-0.3, -0.25) is 0 Å². The van der Waals surface area contributed by atoms with Gasteiger partial charge < -0.3 is 13.6 Å². The molecule has 0 radical (unpaired) electrons. The van der Waals surface area contributed by atoms with E-state index in [9.17, 15) is 0 Å². The van der Waals surface area contributed by atoms with Crippen molar-refractivity contribution in [2.24, 2.45) is 17.8 Å². The van der Waals surface area contributed by atoms with Crippen molar-refractivity contribution >= 4 is 8.60 Å². The van der Waals surface area contributed by atoms with Crippen molar-refractivity contribution in [3.05, 3.63) is 0 Å². The van der Waals surface area contributed by atoms with Gasteiger partial charge in [0.05, 0.1) is 18.3 Å². The molecule has 0 amide bonds. The van der Waals surface area contributed by atoms with Crippen LogP contribution >= 0.6 is 8.60 Å². The molecule has 0 bridgehead atoms. The summed E-state index contributed by atoms with van der Waals surface area (Å²) in [5.41, 5.74) is 0. The maximum Gasteiger partial charge on any atom is 0.333 e. The van der Waals surface area contributed by atoms with E-state index in [2.05, 4.69) is 62.3 Å². The predicted octanol–water partition coefficient (Wildman–Crippen LogP) is 14.8. The second kappa shape index (κ2) is 30.9. The molecular weight excluding hydrogens is 547 g/mol. The Morgan fingerprint density at radius 2 is 0.535 bits per heavy atom. The molecule has 0 heterocycles. The molecule has 0 saturated heterocycles. The van der Waals surface area contributed by atoms with Gasteiger partial charge in [0.25, 0.3) is 0 Å². The molecule has 0 fully saturated rings. The Balaban J connectivity index is 5.25. The van der Waals surface area contributed by atoms with Crippen molar-refractivity contribution in [2.75, 3.05) is 0 Å². The smallest absolute Gasteiger partial charge is 0.309 e. The van der Waals surface area contributed by atoms with Crippen LogP contribution in [0, 0.1) is 17.8 Å². The lowest BCUT2D eigenvalue weighted by molar-refractivity contribution is 0.0205. The zero-order chi connectivity index (χ0) is 32.1. The normalized spacial score (nSPS) is 15.1. The number of hydrogen-bond acceptors (Lipinski definition) is 3. The molecule has 0 aromatic carbocycles. The van der Waals surface area contributed by atoms with E-state index in [0.29, 0.717) is 17.8 Å². The van der Waals surface area contributed by atoms with E-state index in [1.165, 1.54) is 135 Å². The number of hydrogen-bond donors (Lipinski definition) is 0. The van der Waals surface area contributed by atoms with Gasteiger partial charge in [-0.15, -0.1) is 0 Å². The van der Waals surface area contributed by atoms with Crippen molar-refractivity contribution < 1.29 is 13.6 Å². The maximum atomic E-state index is 6.88. The Morgan fingerprint density at radius 1 is 0.326 bits per heavy atom. The molecule has 0 rings (SSSR count). The van der Waals surface area contributed by atoms with E-state index in [1.54, 1.807) is 0 Å². The zero-order valence-corrected chi connectivity index (χ0v) is 32.0. The number of unbranched alkanes of at least 4 members (excludes halogenated alkanes) is 18. The van der Waals surface area contributed by atoms with Crippen LogP contribution in [0.25, 0.3) is 0 Å². The first kappa shape index (κ1) is 43.3. The average molecular weight is 629 g/mol. The van der Waals surface area contributed by atoms with Gasteiger partial charge in [0, 0.05) is 0 Å². The van der Waals surface area contributed by atoms with Gasteiger partial charge in [0.1, 0.15) is 0 Å². The Hall–Kier alpha value is 0.310. The summed E-state index contributed by atoms with van der Waals surface area (Å²) in [5.74, 6) is 1.41. The van der Waals surface area contributed by atoms with Gasteiger partial charge in [0.15, 0.2) is 0 Å². The molecule has 0 spiro atoms. The summed E-state index contributed by atoms with van der Waals surface area (Å²) in [6.07, 6.45) is 32.1. The summed E-state index contributed by atoms with van der Waals surface area (Å²) in [6, 6.07) is 0. The Morgan fingerprint density at radius 3 is 0.744 bits per heavy atom. The first-order chi connectivity index (χ1) is 20.8. The van der Waals surface area contributed by atoms with Gasteiger partial charge in [-0.25, -0.2) is 0 Å². The van der Waals surface area contributed by atoms with Crippen molar-refractivity contribution in [1.29, 1.82) is 0 Å². The molecule has 3 unspecified atom stereocenters. The first-order valence-electron chi connectivity index (χ1n) is 19.6. The monoisotopic (exact) mass is 629 g/mol. The lowest BCUT2D eigenvalue weighted by Crippen LogP contribution is -2.26. The minimum atomic E-state index is -1.37. The molecule has 3 atom stereocenters. The van der Waals surface area contributed by atoms with E-state index in [1.807, 2.05) is 0 Å². The fourth-order valence-corrected chi connectivity index (χ4v) is 7.70. The maximum absolute atomic E-state index is 6.88. The van der Waals surface area contributed by atoms with Crippen LogP contribution in [-0.2, 0) is 13.6 Å².